The molecule has 1 unspecified atom stereocenters. The molecule has 1 amide bonds. The van der Waals surface area contributed by atoms with Gasteiger partial charge in [0.25, 0.3) is 5.91 Å². The van der Waals surface area contributed by atoms with E-state index in [2.05, 4.69) is 27.1 Å². The molecule has 0 aromatic heterocycles. The van der Waals surface area contributed by atoms with E-state index in [1.807, 2.05) is 18.2 Å². The van der Waals surface area contributed by atoms with Crippen molar-refractivity contribution in [2.45, 2.75) is 31.7 Å². The topological polar surface area (TPSA) is 41.6 Å². The first-order valence-electron chi connectivity index (χ1n) is 9.73. The van der Waals surface area contributed by atoms with Gasteiger partial charge in [0.2, 0.25) is 0 Å². The molecule has 2 aromatic rings. The van der Waals surface area contributed by atoms with Crippen molar-refractivity contribution in [3.63, 3.8) is 0 Å². The Morgan fingerprint density at radius 2 is 1.69 bits per heavy atom. The van der Waals surface area contributed by atoms with Crippen molar-refractivity contribution in [3.05, 3.63) is 71.3 Å². The Hall–Kier alpha value is -2.38. The highest BCUT2D eigenvalue weighted by atomic mass is 19.4. The summed E-state index contributed by atoms with van der Waals surface area (Å²) in [5.74, 6) is -0.201. The van der Waals surface area contributed by atoms with Crippen molar-refractivity contribution in [3.8, 4) is 0 Å². The van der Waals surface area contributed by atoms with Gasteiger partial charge < -0.3 is 10.1 Å². The second kappa shape index (κ2) is 9.89. The molecular weight excluding hydrogens is 381 g/mol. The zero-order valence-corrected chi connectivity index (χ0v) is 16.1. The van der Waals surface area contributed by atoms with Gasteiger partial charge in [-0.15, -0.1) is 0 Å². The lowest BCUT2D eigenvalue weighted by atomic mass is 10.1. The van der Waals surface area contributed by atoms with Crippen LogP contribution in [0.5, 0.6) is 0 Å². The zero-order chi connectivity index (χ0) is 20.7. The SMILES string of the molecule is O=C(NCC(c1ccccc1)N1CCCC1)c1ccc(COCC(F)(F)F)cc1. The smallest absolute Gasteiger partial charge is 0.367 e. The molecule has 1 N–H and O–H groups in total. The van der Waals surface area contributed by atoms with Crippen molar-refractivity contribution in [2.24, 2.45) is 0 Å². The van der Waals surface area contributed by atoms with Crippen LogP contribution in [-0.4, -0.2) is 43.2 Å². The molecule has 1 heterocycles. The molecule has 156 valence electrons. The molecular formula is C22H25F3N2O2. The van der Waals surface area contributed by atoms with E-state index >= 15 is 0 Å². The average Bonchev–Trinajstić information content (AvgIpc) is 3.23. The summed E-state index contributed by atoms with van der Waals surface area (Å²) in [6.45, 7) is 1.10. The standard InChI is InChI=1S/C22H25F3N2O2/c23-22(24,25)16-29-15-17-8-10-19(11-9-17)21(28)26-14-20(27-12-4-5-13-27)18-6-2-1-3-7-18/h1-3,6-11,20H,4-5,12-16H2,(H,26,28). The molecule has 1 saturated heterocycles. The molecule has 2 aromatic carbocycles. The third kappa shape index (κ3) is 6.58. The number of benzene rings is 2. The molecule has 1 aliphatic rings. The van der Waals surface area contributed by atoms with Crippen LogP contribution in [0, 0.1) is 0 Å². The number of amides is 1. The average molecular weight is 406 g/mol. The van der Waals surface area contributed by atoms with Gasteiger partial charge in [0.15, 0.2) is 0 Å². The van der Waals surface area contributed by atoms with Crippen LogP contribution in [0.3, 0.4) is 0 Å². The van der Waals surface area contributed by atoms with E-state index in [1.54, 1.807) is 24.3 Å². The van der Waals surface area contributed by atoms with Crippen LogP contribution in [0.25, 0.3) is 0 Å². The van der Waals surface area contributed by atoms with Crippen LogP contribution >= 0.6 is 0 Å². The number of likely N-dealkylation sites (tertiary alicyclic amines) is 1. The molecule has 0 aliphatic carbocycles. The number of nitrogens with one attached hydrogen (secondary N) is 1. The number of carbonyl (C=O) groups excluding carboxylic acids is 1. The summed E-state index contributed by atoms with van der Waals surface area (Å²) < 4.78 is 41.0. The number of ether oxygens (including phenoxy) is 1. The first-order valence-corrected chi connectivity index (χ1v) is 9.73. The van der Waals surface area contributed by atoms with Crippen molar-refractivity contribution in [2.75, 3.05) is 26.2 Å². The molecule has 4 nitrogen and oxygen atoms in total. The Morgan fingerprint density at radius 1 is 1.03 bits per heavy atom. The number of hydrogen-bond donors (Lipinski definition) is 1. The van der Waals surface area contributed by atoms with E-state index in [4.69, 9.17) is 0 Å². The van der Waals surface area contributed by atoms with Crippen LogP contribution in [0.1, 0.15) is 40.4 Å². The molecule has 0 bridgehead atoms. The fourth-order valence-electron chi connectivity index (χ4n) is 3.51. The molecule has 3 rings (SSSR count). The highest BCUT2D eigenvalue weighted by Gasteiger charge is 2.27. The van der Waals surface area contributed by atoms with Gasteiger partial charge in [0, 0.05) is 12.1 Å². The summed E-state index contributed by atoms with van der Waals surface area (Å²) >= 11 is 0. The summed E-state index contributed by atoms with van der Waals surface area (Å²) in [6, 6.07) is 16.7. The number of hydrogen-bond acceptors (Lipinski definition) is 3. The number of alkyl halides is 3. The van der Waals surface area contributed by atoms with Crippen molar-refractivity contribution in [1.29, 1.82) is 0 Å². The molecule has 0 spiro atoms. The molecule has 0 saturated carbocycles. The fourth-order valence-corrected chi connectivity index (χ4v) is 3.51. The number of rotatable bonds is 8. The van der Waals surface area contributed by atoms with Crippen molar-refractivity contribution >= 4 is 5.91 Å². The monoisotopic (exact) mass is 406 g/mol. The molecule has 1 aliphatic heterocycles. The Kier molecular flexibility index (Phi) is 7.28. The van der Waals surface area contributed by atoms with E-state index in [0.29, 0.717) is 17.7 Å². The van der Waals surface area contributed by atoms with Gasteiger partial charge in [-0.1, -0.05) is 42.5 Å². The largest absolute Gasteiger partial charge is 0.411 e. The second-order valence-corrected chi connectivity index (χ2v) is 7.18. The summed E-state index contributed by atoms with van der Waals surface area (Å²) in [6.07, 6.45) is -2.02. The van der Waals surface area contributed by atoms with Crippen molar-refractivity contribution < 1.29 is 22.7 Å². The van der Waals surface area contributed by atoms with Crippen LogP contribution in [0.15, 0.2) is 54.6 Å². The van der Waals surface area contributed by atoms with Gasteiger partial charge in [-0.05, 0) is 49.2 Å². The predicted octanol–water partition coefficient (Wildman–Crippen LogP) is 4.33. The van der Waals surface area contributed by atoms with Crippen LogP contribution in [0.2, 0.25) is 0 Å². The maximum atomic E-state index is 12.5. The lowest BCUT2D eigenvalue weighted by Gasteiger charge is -2.28. The normalized spacial score (nSPS) is 16.0. The second-order valence-electron chi connectivity index (χ2n) is 7.18. The van der Waals surface area contributed by atoms with Crippen LogP contribution < -0.4 is 5.32 Å². The number of nitrogens with zero attached hydrogens (tertiary/aromatic N) is 1. The number of carbonyl (C=O) groups is 1. The zero-order valence-electron chi connectivity index (χ0n) is 16.1. The summed E-state index contributed by atoms with van der Waals surface area (Å²) in [5.41, 5.74) is 2.23. The molecule has 0 radical (unpaired) electrons. The lowest BCUT2D eigenvalue weighted by molar-refractivity contribution is -0.176. The summed E-state index contributed by atoms with van der Waals surface area (Å²) in [4.78, 5) is 14.9. The maximum absolute atomic E-state index is 12.5. The lowest BCUT2D eigenvalue weighted by Crippen LogP contribution is -2.36. The predicted molar refractivity (Wildman–Crippen MR) is 104 cm³/mol. The van der Waals surface area contributed by atoms with E-state index in [-0.39, 0.29) is 18.6 Å². The minimum Gasteiger partial charge on any atom is -0.367 e. The minimum atomic E-state index is -4.34. The fraction of sp³-hybridized carbons (Fsp3) is 0.409. The Balaban J connectivity index is 1.56. The molecule has 7 heteroatoms. The van der Waals surface area contributed by atoms with Gasteiger partial charge in [-0.3, -0.25) is 9.69 Å². The molecule has 1 fully saturated rings. The summed E-state index contributed by atoms with van der Waals surface area (Å²) in [7, 11) is 0. The molecule has 1 atom stereocenters. The Morgan fingerprint density at radius 3 is 2.31 bits per heavy atom. The quantitative estimate of drug-likeness (QED) is 0.710. The van der Waals surface area contributed by atoms with Gasteiger partial charge in [-0.2, -0.15) is 13.2 Å². The van der Waals surface area contributed by atoms with E-state index in [9.17, 15) is 18.0 Å². The Bertz CT molecular complexity index is 773. The van der Waals surface area contributed by atoms with Gasteiger partial charge in [-0.25, -0.2) is 0 Å². The molecule has 29 heavy (non-hydrogen) atoms. The van der Waals surface area contributed by atoms with E-state index < -0.39 is 12.8 Å². The summed E-state index contributed by atoms with van der Waals surface area (Å²) in [5, 5.41) is 3.00. The maximum Gasteiger partial charge on any atom is 0.411 e. The Labute approximate surface area is 168 Å². The van der Waals surface area contributed by atoms with Crippen LogP contribution in [0.4, 0.5) is 13.2 Å². The number of halogens is 3. The highest BCUT2D eigenvalue weighted by Crippen LogP contribution is 2.24. The van der Waals surface area contributed by atoms with Gasteiger partial charge in [0.05, 0.1) is 12.6 Å². The third-order valence-electron chi connectivity index (χ3n) is 4.97. The van der Waals surface area contributed by atoms with Gasteiger partial charge in [0.1, 0.15) is 6.61 Å². The van der Waals surface area contributed by atoms with Gasteiger partial charge >= 0.3 is 6.18 Å². The highest BCUT2D eigenvalue weighted by molar-refractivity contribution is 5.94. The van der Waals surface area contributed by atoms with Crippen molar-refractivity contribution in [1.82, 2.24) is 10.2 Å². The van der Waals surface area contributed by atoms with Crippen LogP contribution in [-0.2, 0) is 11.3 Å². The third-order valence-corrected chi connectivity index (χ3v) is 4.97. The van der Waals surface area contributed by atoms with E-state index in [0.717, 1.165) is 25.9 Å². The first-order chi connectivity index (χ1) is 13.9. The van der Waals surface area contributed by atoms with E-state index in [1.165, 1.54) is 5.56 Å². The minimum absolute atomic E-state index is 0.123. The first kappa shape index (κ1) is 21.3.